The number of hydrogen-bond acceptors (Lipinski definition) is 4. The Bertz CT molecular complexity index is 624. The molecule has 0 bridgehead atoms. The quantitative estimate of drug-likeness (QED) is 0.505. The zero-order chi connectivity index (χ0) is 14.7. The van der Waals surface area contributed by atoms with Crippen LogP contribution in [-0.4, -0.2) is 4.92 Å². The molecule has 0 heterocycles. The Morgan fingerprint density at radius 2 is 1.85 bits per heavy atom. The van der Waals surface area contributed by atoms with Crippen LogP contribution in [0, 0.1) is 17.0 Å². The van der Waals surface area contributed by atoms with Crippen LogP contribution >= 0.6 is 0 Å². The van der Waals surface area contributed by atoms with Crippen LogP contribution in [0.1, 0.15) is 24.1 Å². The molecule has 0 radical (unpaired) electrons. The van der Waals surface area contributed by atoms with Crippen molar-refractivity contribution in [1.29, 1.82) is 0 Å². The molecule has 1 unspecified atom stereocenters. The maximum Gasteiger partial charge on any atom is 0.292 e. The number of nitro groups is 1. The number of benzene rings is 2. The van der Waals surface area contributed by atoms with Gasteiger partial charge in [-0.05, 0) is 37.1 Å². The lowest BCUT2D eigenvalue weighted by Gasteiger charge is -2.17. The highest BCUT2D eigenvalue weighted by Gasteiger charge is 2.17. The minimum absolute atomic E-state index is 0.0459. The number of anilines is 2. The molecule has 0 aliphatic heterocycles. The second-order valence-electron chi connectivity index (χ2n) is 4.76. The third-order valence-corrected chi connectivity index (χ3v) is 3.24. The number of rotatable bonds is 4. The van der Waals surface area contributed by atoms with Crippen molar-refractivity contribution >= 4 is 17.1 Å². The molecule has 0 saturated heterocycles. The van der Waals surface area contributed by atoms with Crippen molar-refractivity contribution in [3.63, 3.8) is 0 Å². The normalized spacial score (nSPS) is 11.9. The summed E-state index contributed by atoms with van der Waals surface area (Å²) in [5.41, 5.74) is 8.88. The predicted molar refractivity (Wildman–Crippen MR) is 80.7 cm³/mol. The van der Waals surface area contributed by atoms with Gasteiger partial charge in [-0.25, -0.2) is 0 Å². The van der Waals surface area contributed by atoms with Crippen molar-refractivity contribution < 1.29 is 4.92 Å². The van der Waals surface area contributed by atoms with Gasteiger partial charge in [0, 0.05) is 17.8 Å². The third kappa shape index (κ3) is 2.88. The van der Waals surface area contributed by atoms with E-state index in [2.05, 4.69) is 5.32 Å². The molecule has 0 amide bonds. The molecule has 20 heavy (non-hydrogen) atoms. The highest BCUT2D eigenvalue weighted by molar-refractivity contribution is 5.66. The lowest BCUT2D eigenvalue weighted by atomic mass is 10.1. The number of nitrogens with two attached hydrogens (primary N) is 1. The van der Waals surface area contributed by atoms with Crippen molar-refractivity contribution in [3.05, 3.63) is 63.7 Å². The second kappa shape index (κ2) is 5.61. The molecule has 5 nitrogen and oxygen atoms in total. The van der Waals surface area contributed by atoms with E-state index in [1.165, 1.54) is 6.07 Å². The molecule has 104 valence electrons. The molecule has 2 aromatic carbocycles. The van der Waals surface area contributed by atoms with Crippen LogP contribution in [0.3, 0.4) is 0 Å². The molecule has 1 atom stereocenters. The van der Waals surface area contributed by atoms with Crippen LogP contribution in [0.25, 0.3) is 0 Å². The topological polar surface area (TPSA) is 81.2 Å². The Labute approximate surface area is 117 Å². The summed E-state index contributed by atoms with van der Waals surface area (Å²) in [6.45, 7) is 3.81. The van der Waals surface area contributed by atoms with E-state index in [1.807, 2.05) is 44.2 Å². The summed E-state index contributed by atoms with van der Waals surface area (Å²) < 4.78 is 0. The average Bonchev–Trinajstić information content (AvgIpc) is 2.41. The van der Waals surface area contributed by atoms with Gasteiger partial charge >= 0.3 is 0 Å². The number of hydrogen-bond donors (Lipinski definition) is 2. The van der Waals surface area contributed by atoms with E-state index in [0.717, 1.165) is 11.1 Å². The van der Waals surface area contributed by atoms with E-state index < -0.39 is 0 Å². The number of para-hydroxylation sites is 1. The monoisotopic (exact) mass is 271 g/mol. The highest BCUT2D eigenvalue weighted by Crippen LogP contribution is 2.31. The lowest BCUT2D eigenvalue weighted by molar-refractivity contribution is -0.384. The van der Waals surface area contributed by atoms with Crippen molar-refractivity contribution in [2.45, 2.75) is 19.9 Å². The first kappa shape index (κ1) is 13.9. The van der Waals surface area contributed by atoms with Crippen LogP contribution in [0.2, 0.25) is 0 Å². The van der Waals surface area contributed by atoms with Gasteiger partial charge in [0.1, 0.15) is 5.69 Å². The van der Waals surface area contributed by atoms with Gasteiger partial charge in [0.05, 0.1) is 4.92 Å². The van der Waals surface area contributed by atoms with Gasteiger partial charge in [-0.1, -0.05) is 24.3 Å². The summed E-state index contributed by atoms with van der Waals surface area (Å²) in [6, 6.07) is 12.5. The lowest BCUT2D eigenvalue weighted by Crippen LogP contribution is -2.09. The van der Waals surface area contributed by atoms with Crippen molar-refractivity contribution in [2.24, 2.45) is 0 Å². The first-order chi connectivity index (χ1) is 9.49. The van der Waals surface area contributed by atoms with Gasteiger partial charge in [0.2, 0.25) is 0 Å². The third-order valence-electron chi connectivity index (χ3n) is 3.24. The molecule has 0 spiro atoms. The SMILES string of the molecule is Cc1cccc([N+](=O)[O-])c1NC(C)c1ccc(N)cc1. The van der Waals surface area contributed by atoms with E-state index in [-0.39, 0.29) is 16.7 Å². The molecule has 0 aliphatic carbocycles. The summed E-state index contributed by atoms with van der Waals surface area (Å²) >= 11 is 0. The van der Waals surface area contributed by atoms with E-state index in [4.69, 9.17) is 5.73 Å². The number of nitrogens with zero attached hydrogens (tertiary/aromatic N) is 1. The fraction of sp³-hybridized carbons (Fsp3) is 0.200. The van der Waals surface area contributed by atoms with Crippen LogP contribution < -0.4 is 11.1 Å². The minimum Gasteiger partial charge on any atom is -0.399 e. The van der Waals surface area contributed by atoms with Gasteiger partial charge in [0.15, 0.2) is 0 Å². The Balaban J connectivity index is 2.30. The molecule has 0 saturated carbocycles. The van der Waals surface area contributed by atoms with Gasteiger partial charge in [-0.2, -0.15) is 0 Å². The number of nitro benzene ring substituents is 1. The van der Waals surface area contributed by atoms with Gasteiger partial charge in [0.25, 0.3) is 5.69 Å². The van der Waals surface area contributed by atoms with E-state index >= 15 is 0 Å². The molecule has 2 rings (SSSR count). The first-order valence-corrected chi connectivity index (χ1v) is 6.35. The Morgan fingerprint density at radius 1 is 1.20 bits per heavy atom. The number of nitrogens with one attached hydrogen (secondary N) is 1. The fourth-order valence-corrected chi connectivity index (χ4v) is 2.08. The van der Waals surface area contributed by atoms with Crippen LogP contribution in [-0.2, 0) is 0 Å². The summed E-state index contributed by atoms with van der Waals surface area (Å²) in [7, 11) is 0. The standard InChI is InChI=1S/C15H17N3O2/c1-10-4-3-5-14(18(19)20)15(10)17-11(2)12-6-8-13(16)9-7-12/h3-9,11,17H,16H2,1-2H3. The zero-order valence-corrected chi connectivity index (χ0v) is 11.5. The Kier molecular flexibility index (Phi) is 3.89. The summed E-state index contributed by atoms with van der Waals surface area (Å²) in [6.07, 6.45) is 0. The highest BCUT2D eigenvalue weighted by atomic mass is 16.6. The van der Waals surface area contributed by atoms with E-state index in [0.29, 0.717) is 11.4 Å². The van der Waals surface area contributed by atoms with Crippen LogP contribution in [0.5, 0.6) is 0 Å². The molecule has 2 aromatic rings. The van der Waals surface area contributed by atoms with Gasteiger partial charge in [-0.3, -0.25) is 10.1 Å². The summed E-state index contributed by atoms with van der Waals surface area (Å²) in [4.78, 5) is 10.7. The predicted octanol–water partition coefficient (Wildman–Crippen LogP) is 3.66. The maximum atomic E-state index is 11.1. The number of aryl methyl sites for hydroxylation is 1. The van der Waals surface area contributed by atoms with Gasteiger partial charge < -0.3 is 11.1 Å². The Morgan fingerprint density at radius 3 is 2.45 bits per heavy atom. The summed E-state index contributed by atoms with van der Waals surface area (Å²) in [5.74, 6) is 0. The minimum atomic E-state index is -0.370. The van der Waals surface area contributed by atoms with Crippen molar-refractivity contribution in [3.8, 4) is 0 Å². The first-order valence-electron chi connectivity index (χ1n) is 6.35. The molecule has 0 aromatic heterocycles. The molecule has 0 fully saturated rings. The second-order valence-corrected chi connectivity index (χ2v) is 4.76. The molecule has 0 aliphatic rings. The molecular weight excluding hydrogens is 254 g/mol. The van der Waals surface area contributed by atoms with E-state index in [9.17, 15) is 10.1 Å². The van der Waals surface area contributed by atoms with E-state index in [1.54, 1.807) is 6.07 Å². The van der Waals surface area contributed by atoms with Crippen LogP contribution in [0.4, 0.5) is 17.1 Å². The molecule has 3 N–H and O–H groups in total. The zero-order valence-electron chi connectivity index (χ0n) is 11.5. The summed E-state index contributed by atoms with van der Waals surface area (Å²) in [5, 5.41) is 14.3. The molecule has 5 heteroatoms. The smallest absolute Gasteiger partial charge is 0.292 e. The maximum absolute atomic E-state index is 11.1. The largest absolute Gasteiger partial charge is 0.399 e. The van der Waals surface area contributed by atoms with Crippen molar-refractivity contribution in [2.75, 3.05) is 11.1 Å². The number of nitrogen functional groups attached to an aromatic ring is 1. The Hall–Kier alpha value is -2.56. The van der Waals surface area contributed by atoms with Crippen molar-refractivity contribution in [1.82, 2.24) is 0 Å². The average molecular weight is 271 g/mol. The van der Waals surface area contributed by atoms with Gasteiger partial charge in [-0.15, -0.1) is 0 Å². The fourth-order valence-electron chi connectivity index (χ4n) is 2.08. The molecular formula is C15H17N3O2. The van der Waals surface area contributed by atoms with Crippen LogP contribution in [0.15, 0.2) is 42.5 Å².